The van der Waals surface area contributed by atoms with Crippen LogP contribution in [0.2, 0.25) is 0 Å². The first-order valence-electron chi connectivity index (χ1n) is 8.56. The van der Waals surface area contributed by atoms with Crippen molar-refractivity contribution in [3.63, 3.8) is 0 Å². The van der Waals surface area contributed by atoms with Gasteiger partial charge in [0.25, 0.3) is 5.91 Å². The number of pyridine rings is 1. The fourth-order valence-electron chi connectivity index (χ4n) is 3.12. The first kappa shape index (κ1) is 19.2. The monoisotopic (exact) mass is 386 g/mol. The first-order chi connectivity index (χ1) is 12.5. The molecule has 1 atom stereocenters. The van der Waals surface area contributed by atoms with Crippen LogP contribution in [-0.2, 0) is 10.9 Å². The van der Waals surface area contributed by atoms with Crippen molar-refractivity contribution in [2.75, 3.05) is 31.1 Å². The molecule has 0 aromatic carbocycles. The molecule has 0 saturated carbocycles. The van der Waals surface area contributed by atoms with Crippen LogP contribution in [0.25, 0.3) is 0 Å². The summed E-state index contributed by atoms with van der Waals surface area (Å²) in [5.74, 6) is -0.409. The predicted octanol–water partition coefficient (Wildman–Crippen LogP) is 2.27. The van der Waals surface area contributed by atoms with Crippen molar-refractivity contribution < 1.29 is 27.5 Å². The first-order valence-corrected chi connectivity index (χ1v) is 8.56. The third kappa shape index (κ3) is 4.09. The number of nitrogens with one attached hydrogen (secondary N) is 1. The van der Waals surface area contributed by atoms with Crippen LogP contribution in [0.5, 0.6) is 0 Å². The molecule has 1 fully saturated rings. The van der Waals surface area contributed by atoms with E-state index < -0.39 is 29.3 Å². The Morgan fingerprint density at radius 2 is 2.00 bits per heavy atom. The van der Waals surface area contributed by atoms with Crippen LogP contribution in [0.4, 0.5) is 23.8 Å². The van der Waals surface area contributed by atoms with Gasteiger partial charge in [-0.3, -0.25) is 4.79 Å². The standard InChI is InChI=1S/C17H21F3N4O3/c1-16(2,3)27-15(26)23-4-5-24-11(9-23)8-22-14(25)12-6-10(17(18,19)20)7-21-13(12)24/h6-7,11H,4-5,8-9H2,1-3H3,(H,22,25)/t11-/m0/s1. The van der Waals surface area contributed by atoms with Gasteiger partial charge in [-0.15, -0.1) is 0 Å². The molecule has 2 aliphatic rings. The fraction of sp³-hybridized carbons (Fsp3) is 0.588. The van der Waals surface area contributed by atoms with Crippen molar-refractivity contribution in [3.05, 3.63) is 23.4 Å². The molecule has 27 heavy (non-hydrogen) atoms. The SMILES string of the molecule is CC(C)(C)OC(=O)N1CCN2c3ncc(C(F)(F)F)cc3C(=O)NC[C@H]2C1. The van der Waals surface area contributed by atoms with Crippen molar-refractivity contribution in [2.24, 2.45) is 0 Å². The smallest absolute Gasteiger partial charge is 0.417 e. The third-order valence-corrected chi connectivity index (χ3v) is 4.34. The van der Waals surface area contributed by atoms with Gasteiger partial charge in [-0.1, -0.05) is 0 Å². The molecule has 2 aliphatic heterocycles. The maximum absolute atomic E-state index is 13.0. The quantitative estimate of drug-likeness (QED) is 0.741. The van der Waals surface area contributed by atoms with Crippen molar-refractivity contribution in [1.29, 1.82) is 0 Å². The van der Waals surface area contributed by atoms with Gasteiger partial charge < -0.3 is 19.9 Å². The van der Waals surface area contributed by atoms with E-state index in [4.69, 9.17) is 4.74 Å². The summed E-state index contributed by atoms with van der Waals surface area (Å²) in [6.45, 7) is 6.43. The molecule has 0 unspecified atom stereocenters. The van der Waals surface area contributed by atoms with Crippen molar-refractivity contribution in [3.8, 4) is 0 Å². The van der Waals surface area contributed by atoms with Crippen molar-refractivity contribution in [1.82, 2.24) is 15.2 Å². The van der Waals surface area contributed by atoms with Gasteiger partial charge in [0, 0.05) is 32.4 Å². The zero-order valence-corrected chi connectivity index (χ0v) is 15.3. The maximum atomic E-state index is 13.0. The minimum atomic E-state index is -4.58. The molecule has 148 valence electrons. The van der Waals surface area contributed by atoms with E-state index in [9.17, 15) is 22.8 Å². The summed E-state index contributed by atoms with van der Waals surface area (Å²) >= 11 is 0. The van der Waals surface area contributed by atoms with E-state index in [1.165, 1.54) is 4.90 Å². The lowest BCUT2D eigenvalue weighted by molar-refractivity contribution is -0.137. The molecule has 10 heteroatoms. The number of ether oxygens (including phenoxy) is 1. The largest absolute Gasteiger partial charge is 0.444 e. The zero-order chi connectivity index (χ0) is 20.0. The summed E-state index contributed by atoms with van der Waals surface area (Å²) in [4.78, 5) is 31.8. The molecule has 1 saturated heterocycles. The van der Waals surface area contributed by atoms with E-state index in [0.29, 0.717) is 13.1 Å². The number of carbonyl (C=O) groups is 2. The molecule has 1 aromatic heterocycles. The Hall–Kier alpha value is -2.52. The maximum Gasteiger partial charge on any atom is 0.417 e. The van der Waals surface area contributed by atoms with Gasteiger partial charge in [-0.25, -0.2) is 9.78 Å². The van der Waals surface area contributed by atoms with Crippen LogP contribution >= 0.6 is 0 Å². The number of fused-ring (bicyclic) bond motifs is 3. The lowest BCUT2D eigenvalue weighted by Gasteiger charge is -2.41. The molecular weight excluding hydrogens is 365 g/mol. The lowest BCUT2D eigenvalue weighted by Crippen LogP contribution is -2.58. The number of rotatable bonds is 0. The van der Waals surface area contributed by atoms with Crippen LogP contribution in [0.15, 0.2) is 12.3 Å². The Labute approximate surface area is 154 Å². The molecular formula is C17H21F3N4O3. The third-order valence-electron chi connectivity index (χ3n) is 4.34. The normalized spacial score (nSPS) is 20.4. The molecule has 1 N–H and O–H groups in total. The average molecular weight is 386 g/mol. The van der Waals surface area contributed by atoms with Gasteiger partial charge in [0.15, 0.2) is 0 Å². The Kier molecular flexibility index (Phi) is 4.69. The predicted molar refractivity (Wildman–Crippen MR) is 90.5 cm³/mol. The second-order valence-corrected chi connectivity index (χ2v) is 7.58. The number of carbonyl (C=O) groups excluding carboxylic acids is 2. The van der Waals surface area contributed by atoms with Crippen LogP contribution < -0.4 is 10.2 Å². The molecule has 3 rings (SSSR count). The minimum absolute atomic E-state index is 0.113. The minimum Gasteiger partial charge on any atom is -0.444 e. The number of alkyl halides is 3. The van der Waals surface area contributed by atoms with Gasteiger partial charge in [0.05, 0.1) is 17.2 Å². The molecule has 3 heterocycles. The van der Waals surface area contributed by atoms with Gasteiger partial charge in [-0.05, 0) is 26.8 Å². The fourth-order valence-corrected chi connectivity index (χ4v) is 3.12. The number of piperazine rings is 1. The van der Waals surface area contributed by atoms with Crippen LogP contribution in [0.3, 0.4) is 0 Å². The van der Waals surface area contributed by atoms with E-state index >= 15 is 0 Å². The average Bonchev–Trinajstić information content (AvgIpc) is 2.69. The number of hydrogen-bond donors (Lipinski definition) is 1. The summed E-state index contributed by atoms with van der Waals surface area (Å²) in [7, 11) is 0. The summed E-state index contributed by atoms with van der Waals surface area (Å²) in [6.07, 6.45) is -4.31. The highest BCUT2D eigenvalue weighted by atomic mass is 19.4. The topological polar surface area (TPSA) is 74.8 Å². The van der Waals surface area contributed by atoms with Gasteiger partial charge >= 0.3 is 12.3 Å². The van der Waals surface area contributed by atoms with Crippen LogP contribution in [0, 0.1) is 0 Å². The van der Waals surface area contributed by atoms with Gasteiger partial charge in [0.1, 0.15) is 11.4 Å². The Morgan fingerprint density at radius 1 is 1.30 bits per heavy atom. The summed E-state index contributed by atoms with van der Waals surface area (Å²) in [5, 5.41) is 2.62. The Bertz CT molecular complexity index is 761. The summed E-state index contributed by atoms with van der Waals surface area (Å²) < 4.78 is 44.2. The number of anilines is 1. The number of nitrogens with zero attached hydrogens (tertiary/aromatic N) is 3. The molecule has 1 aromatic rings. The molecule has 0 aliphatic carbocycles. The number of halogens is 3. The molecule has 0 radical (unpaired) electrons. The van der Waals surface area contributed by atoms with E-state index in [-0.39, 0.29) is 30.5 Å². The van der Waals surface area contributed by atoms with Crippen molar-refractivity contribution in [2.45, 2.75) is 38.6 Å². The van der Waals surface area contributed by atoms with Gasteiger partial charge in [0.2, 0.25) is 0 Å². The van der Waals surface area contributed by atoms with E-state index in [2.05, 4.69) is 10.3 Å². The summed E-state index contributed by atoms with van der Waals surface area (Å²) in [5.41, 5.74) is -1.71. The molecule has 0 spiro atoms. The highest BCUT2D eigenvalue weighted by Gasteiger charge is 2.38. The van der Waals surface area contributed by atoms with Gasteiger partial charge in [-0.2, -0.15) is 13.2 Å². The van der Waals surface area contributed by atoms with Crippen molar-refractivity contribution >= 4 is 17.8 Å². The zero-order valence-electron chi connectivity index (χ0n) is 15.3. The Morgan fingerprint density at radius 3 is 2.63 bits per heavy atom. The highest BCUT2D eigenvalue weighted by Crippen LogP contribution is 2.33. The summed E-state index contributed by atoms with van der Waals surface area (Å²) in [6, 6.07) is 0.515. The number of hydrogen-bond acceptors (Lipinski definition) is 5. The van der Waals surface area contributed by atoms with Crippen LogP contribution in [-0.4, -0.2) is 59.7 Å². The van der Waals surface area contributed by atoms with Crippen LogP contribution in [0.1, 0.15) is 36.7 Å². The molecule has 0 bridgehead atoms. The number of aromatic nitrogens is 1. The molecule has 7 nitrogen and oxygen atoms in total. The lowest BCUT2D eigenvalue weighted by atomic mass is 10.1. The van der Waals surface area contributed by atoms with E-state index in [0.717, 1.165) is 12.3 Å². The molecule has 2 amide bonds. The Balaban J connectivity index is 1.84. The second kappa shape index (κ2) is 6.58. The second-order valence-electron chi connectivity index (χ2n) is 7.58. The highest BCUT2D eigenvalue weighted by molar-refractivity contribution is 6.00. The van der Waals surface area contributed by atoms with E-state index in [1.807, 2.05) is 0 Å². The van der Waals surface area contributed by atoms with E-state index in [1.54, 1.807) is 25.7 Å². The number of amides is 2.